The molecule has 0 aliphatic rings. The van der Waals surface area contributed by atoms with Gasteiger partial charge in [0.05, 0.1) is 6.61 Å². The second kappa shape index (κ2) is 7.01. The van der Waals surface area contributed by atoms with Crippen molar-refractivity contribution in [1.29, 1.82) is 0 Å². The van der Waals surface area contributed by atoms with Gasteiger partial charge in [0, 0.05) is 18.7 Å². The van der Waals surface area contributed by atoms with Gasteiger partial charge < -0.3 is 10.1 Å². The number of hydrogen-bond acceptors (Lipinski definition) is 2. The lowest BCUT2D eigenvalue weighted by molar-refractivity contribution is 0.0922. The van der Waals surface area contributed by atoms with Gasteiger partial charge in [-0.2, -0.15) is 0 Å². The molecule has 3 heteroatoms. The van der Waals surface area contributed by atoms with Crippen molar-refractivity contribution in [2.45, 2.75) is 20.3 Å². The summed E-state index contributed by atoms with van der Waals surface area (Å²) in [6.45, 7) is 5.83. The van der Waals surface area contributed by atoms with Crippen molar-refractivity contribution in [3.05, 3.63) is 35.4 Å². The maximum absolute atomic E-state index is 11.6. The topological polar surface area (TPSA) is 38.3 Å². The van der Waals surface area contributed by atoms with Gasteiger partial charge in [-0.05, 0) is 31.0 Å². The fraction of sp³-hybridized carbons (Fsp3) is 0.462. The van der Waals surface area contributed by atoms with E-state index in [-0.39, 0.29) is 5.91 Å². The lowest BCUT2D eigenvalue weighted by atomic mass is 10.1. The van der Waals surface area contributed by atoms with Crippen LogP contribution in [0.25, 0.3) is 0 Å². The summed E-state index contributed by atoms with van der Waals surface area (Å²) in [4.78, 5) is 11.6. The largest absolute Gasteiger partial charge is 0.380 e. The molecule has 0 fully saturated rings. The third-order valence-electron chi connectivity index (χ3n) is 2.36. The normalized spacial score (nSPS) is 10.1. The third kappa shape index (κ3) is 4.03. The molecule has 0 aromatic heterocycles. The standard InChI is InChI=1S/C13H19NO2/c1-3-11-5-7-12(8-6-11)13(15)14-9-10-16-4-2/h5-8H,3-4,9-10H2,1-2H3,(H,14,15). The van der Waals surface area contributed by atoms with E-state index in [2.05, 4.69) is 12.2 Å². The number of nitrogens with one attached hydrogen (secondary N) is 1. The van der Waals surface area contributed by atoms with Gasteiger partial charge in [-0.3, -0.25) is 4.79 Å². The Morgan fingerprint density at radius 3 is 2.50 bits per heavy atom. The summed E-state index contributed by atoms with van der Waals surface area (Å²) in [7, 11) is 0. The fourth-order valence-corrected chi connectivity index (χ4v) is 1.37. The minimum atomic E-state index is -0.0395. The molecule has 0 unspecified atom stereocenters. The van der Waals surface area contributed by atoms with Crippen molar-refractivity contribution in [1.82, 2.24) is 5.32 Å². The Hall–Kier alpha value is -1.35. The highest BCUT2D eigenvalue weighted by Crippen LogP contribution is 2.04. The SMILES string of the molecule is CCOCCNC(=O)c1ccc(CC)cc1. The molecule has 16 heavy (non-hydrogen) atoms. The van der Waals surface area contributed by atoms with Crippen LogP contribution < -0.4 is 5.32 Å². The number of carbonyl (C=O) groups excluding carboxylic acids is 1. The predicted molar refractivity (Wildman–Crippen MR) is 64.6 cm³/mol. The van der Waals surface area contributed by atoms with Crippen LogP contribution >= 0.6 is 0 Å². The Balaban J connectivity index is 2.40. The second-order valence-electron chi connectivity index (χ2n) is 3.50. The van der Waals surface area contributed by atoms with Gasteiger partial charge in [0.1, 0.15) is 0 Å². The summed E-state index contributed by atoms with van der Waals surface area (Å²) in [5.41, 5.74) is 1.94. The van der Waals surface area contributed by atoms with Crippen LogP contribution in [0.2, 0.25) is 0 Å². The van der Waals surface area contributed by atoms with E-state index in [0.29, 0.717) is 25.3 Å². The van der Waals surface area contributed by atoms with Crippen LogP contribution in [0.15, 0.2) is 24.3 Å². The molecular formula is C13H19NO2. The molecule has 1 amide bonds. The number of carbonyl (C=O) groups is 1. The molecule has 0 saturated heterocycles. The minimum absolute atomic E-state index is 0.0395. The molecule has 0 saturated carbocycles. The molecule has 1 aromatic rings. The Morgan fingerprint density at radius 2 is 1.94 bits per heavy atom. The highest BCUT2D eigenvalue weighted by Gasteiger charge is 2.03. The molecule has 0 heterocycles. The molecule has 1 aromatic carbocycles. The van der Waals surface area contributed by atoms with Crippen molar-refractivity contribution >= 4 is 5.91 Å². The van der Waals surface area contributed by atoms with Gasteiger partial charge in [-0.25, -0.2) is 0 Å². The van der Waals surface area contributed by atoms with Gasteiger partial charge in [-0.15, -0.1) is 0 Å². The van der Waals surface area contributed by atoms with Crippen molar-refractivity contribution in [3.8, 4) is 0 Å². The van der Waals surface area contributed by atoms with E-state index in [1.807, 2.05) is 31.2 Å². The van der Waals surface area contributed by atoms with Crippen LogP contribution in [0.4, 0.5) is 0 Å². The molecule has 88 valence electrons. The summed E-state index contributed by atoms with van der Waals surface area (Å²) in [5, 5.41) is 2.81. The average Bonchev–Trinajstić information content (AvgIpc) is 2.34. The fourth-order valence-electron chi connectivity index (χ4n) is 1.37. The van der Waals surface area contributed by atoms with Crippen LogP contribution in [0.1, 0.15) is 29.8 Å². The van der Waals surface area contributed by atoms with Crippen molar-refractivity contribution in [2.75, 3.05) is 19.8 Å². The molecule has 3 nitrogen and oxygen atoms in total. The van der Waals surface area contributed by atoms with Crippen LogP contribution in [-0.2, 0) is 11.2 Å². The lowest BCUT2D eigenvalue weighted by Gasteiger charge is -2.05. The highest BCUT2D eigenvalue weighted by atomic mass is 16.5. The quantitative estimate of drug-likeness (QED) is 0.746. The second-order valence-corrected chi connectivity index (χ2v) is 3.50. The molecule has 0 radical (unpaired) electrons. The van der Waals surface area contributed by atoms with Crippen LogP contribution in [0.3, 0.4) is 0 Å². The Morgan fingerprint density at radius 1 is 1.25 bits per heavy atom. The lowest BCUT2D eigenvalue weighted by Crippen LogP contribution is -2.27. The maximum Gasteiger partial charge on any atom is 0.251 e. The van der Waals surface area contributed by atoms with E-state index in [9.17, 15) is 4.79 Å². The molecule has 1 N–H and O–H groups in total. The third-order valence-corrected chi connectivity index (χ3v) is 2.36. The molecule has 0 aliphatic heterocycles. The molecule has 0 bridgehead atoms. The molecular weight excluding hydrogens is 202 g/mol. The summed E-state index contributed by atoms with van der Waals surface area (Å²) in [5.74, 6) is -0.0395. The van der Waals surface area contributed by atoms with E-state index >= 15 is 0 Å². The van der Waals surface area contributed by atoms with Crippen LogP contribution in [0, 0.1) is 0 Å². The number of rotatable bonds is 6. The summed E-state index contributed by atoms with van der Waals surface area (Å²) in [6, 6.07) is 7.68. The Bertz CT molecular complexity index is 319. The zero-order chi connectivity index (χ0) is 11.8. The Kier molecular flexibility index (Phi) is 5.57. The van der Waals surface area contributed by atoms with E-state index in [4.69, 9.17) is 4.74 Å². The van der Waals surface area contributed by atoms with Crippen molar-refractivity contribution < 1.29 is 9.53 Å². The van der Waals surface area contributed by atoms with Gasteiger partial charge in [0.15, 0.2) is 0 Å². The number of ether oxygens (including phenoxy) is 1. The van der Waals surface area contributed by atoms with E-state index in [1.54, 1.807) is 0 Å². The Labute approximate surface area is 96.8 Å². The molecule has 0 atom stereocenters. The molecule has 1 rings (SSSR count). The van der Waals surface area contributed by atoms with Crippen molar-refractivity contribution in [2.24, 2.45) is 0 Å². The highest BCUT2D eigenvalue weighted by molar-refractivity contribution is 5.94. The zero-order valence-electron chi connectivity index (χ0n) is 9.95. The number of hydrogen-bond donors (Lipinski definition) is 1. The molecule has 0 spiro atoms. The van der Waals surface area contributed by atoms with Gasteiger partial charge in [0.2, 0.25) is 0 Å². The van der Waals surface area contributed by atoms with E-state index in [0.717, 1.165) is 6.42 Å². The number of benzene rings is 1. The van der Waals surface area contributed by atoms with Crippen LogP contribution in [0.5, 0.6) is 0 Å². The smallest absolute Gasteiger partial charge is 0.251 e. The first-order chi connectivity index (χ1) is 7.77. The van der Waals surface area contributed by atoms with Crippen LogP contribution in [-0.4, -0.2) is 25.7 Å². The predicted octanol–water partition coefficient (Wildman–Crippen LogP) is 2.02. The zero-order valence-corrected chi connectivity index (χ0v) is 9.95. The van der Waals surface area contributed by atoms with Gasteiger partial charge >= 0.3 is 0 Å². The van der Waals surface area contributed by atoms with Crippen molar-refractivity contribution in [3.63, 3.8) is 0 Å². The maximum atomic E-state index is 11.6. The molecule has 0 aliphatic carbocycles. The first-order valence-electron chi connectivity index (χ1n) is 5.72. The van der Waals surface area contributed by atoms with Gasteiger partial charge in [-0.1, -0.05) is 19.1 Å². The minimum Gasteiger partial charge on any atom is -0.380 e. The first kappa shape index (κ1) is 12.7. The monoisotopic (exact) mass is 221 g/mol. The number of aryl methyl sites for hydroxylation is 1. The van der Waals surface area contributed by atoms with E-state index < -0.39 is 0 Å². The van der Waals surface area contributed by atoms with E-state index in [1.165, 1.54) is 5.56 Å². The summed E-state index contributed by atoms with van der Waals surface area (Å²) >= 11 is 0. The average molecular weight is 221 g/mol. The summed E-state index contributed by atoms with van der Waals surface area (Å²) < 4.78 is 5.14. The number of amides is 1. The van der Waals surface area contributed by atoms with Gasteiger partial charge in [0.25, 0.3) is 5.91 Å². The first-order valence-corrected chi connectivity index (χ1v) is 5.72. The summed E-state index contributed by atoms with van der Waals surface area (Å²) in [6.07, 6.45) is 0.992.